The molecule has 0 fully saturated rings. The van der Waals surface area contributed by atoms with Crippen molar-refractivity contribution in [1.82, 2.24) is 14.5 Å². The second kappa shape index (κ2) is 7.31. The third kappa shape index (κ3) is 3.45. The van der Waals surface area contributed by atoms with E-state index in [1.807, 2.05) is 23.6 Å². The van der Waals surface area contributed by atoms with Gasteiger partial charge in [-0.05, 0) is 49.4 Å². The van der Waals surface area contributed by atoms with Gasteiger partial charge in [-0.15, -0.1) is 0 Å². The first-order valence-corrected chi connectivity index (χ1v) is 8.95. The lowest BCUT2D eigenvalue weighted by Gasteiger charge is -2.12. The molecule has 0 N–H and O–H groups in total. The van der Waals surface area contributed by atoms with Crippen LogP contribution < -0.4 is 0 Å². The molecule has 1 aromatic heterocycles. The van der Waals surface area contributed by atoms with E-state index in [4.69, 9.17) is 34.8 Å². The monoisotopic (exact) mass is 407 g/mol. The third-order valence-corrected chi connectivity index (χ3v) is 4.77. The van der Waals surface area contributed by atoms with Crippen molar-refractivity contribution in [3.05, 3.63) is 68.9 Å². The number of imidazole rings is 1. The molecule has 1 amide bonds. The fourth-order valence-corrected chi connectivity index (χ4v) is 3.29. The lowest BCUT2D eigenvalue weighted by atomic mass is 10.2. The first-order valence-electron chi connectivity index (χ1n) is 7.82. The summed E-state index contributed by atoms with van der Waals surface area (Å²) in [5.74, 6) is 0.387. The Morgan fingerprint density at radius 1 is 1.00 bits per heavy atom. The Kier molecular flexibility index (Phi) is 5.28. The topological polar surface area (TPSA) is 38.1 Å². The molecule has 0 atom stereocenters. The molecule has 0 bridgehead atoms. The fraction of sp³-hybridized carbons (Fsp3) is 0.158. The van der Waals surface area contributed by atoms with Gasteiger partial charge in [0.1, 0.15) is 11.5 Å². The molecule has 2 aromatic carbocycles. The lowest BCUT2D eigenvalue weighted by molar-refractivity contribution is 0.0821. The number of amides is 1. The van der Waals surface area contributed by atoms with Gasteiger partial charge in [0.15, 0.2) is 0 Å². The van der Waals surface area contributed by atoms with Gasteiger partial charge in [0.05, 0.1) is 10.7 Å². The number of hydrogen-bond acceptors (Lipinski definition) is 2. The third-order valence-electron chi connectivity index (χ3n) is 3.97. The summed E-state index contributed by atoms with van der Waals surface area (Å²) in [6.45, 7) is 1.85. The van der Waals surface area contributed by atoms with Crippen LogP contribution in [0.25, 0.3) is 17.1 Å². The maximum Gasteiger partial charge on any atom is 0.273 e. The van der Waals surface area contributed by atoms with E-state index in [1.165, 1.54) is 4.90 Å². The summed E-state index contributed by atoms with van der Waals surface area (Å²) in [4.78, 5) is 18.7. The van der Waals surface area contributed by atoms with Gasteiger partial charge in [-0.3, -0.25) is 9.36 Å². The molecule has 0 aliphatic carbocycles. The SMILES string of the molecule is Cc1c(C(=O)N(C)C)nc(-c2ccc(Cl)cc2Cl)n1-c1ccc(Cl)cc1. The largest absolute Gasteiger partial charge is 0.343 e. The van der Waals surface area contributed by atoms with Crippen LogP contribution in [0.2, 0.25) is 15.1 Å². The molecular weight excluding hydrogens is 393 g/mol. The maximum absolute atomic E-state index is 12.6. The van der Waals surface area contributed by atoms with E-state index >= 15 is 0 Å². The first kappa shape index (κ1) is 18.8. The molecular formula is C19H16Cl3N3O. The fourth-order valence-electron chi connectivity index (χ4n) is 2.67. The molecule has 0 aliphatic heterocycles. The Morgan fingerprint density at radius 3 is 2.19 bits per heavy atom. The number of rotatable bonds is 3. The van der Waals surface area contributed by atoms with E-state index in [0.29, 0.717) is 37.8 Å². The molecule has 26 heavy (non-hydrogen) atoms. The standard InChI is InChI=1S/C19H16Cl3N3O/c1-11-17(19(26)24(2)3)23-18(15-9-6-13(21)10-16(15)22)25(11)14-7-4-12(20)5-8-14/h4-10H,1-3H3. The number of hydrogen-bond donors (Lipinski definition) is 0. The van der Waals surface area contributed by atoms with Gasteiger partial charge in [-0.1, -0.05) is 34.8 Å². The molecule has 0 spiro atoms. The molecule has 7 heteroatoms. The van der Waals surface area contributed by atoms with Crippen molar-refractivity contribution in [3.8, 4) is 17.1 Å². The molecule has 0 radical (unpaired) electrons. The highest BCUT2D eigenvalue weighted by Crippen LogP contribution is 2.33. The van der Waals surface area contributed by atoms with E-state index < -0.39 is 0 Å². The number of aromatic nitrogens is 2. The predicted octanol–water partition coefficient (Wildman–Crippen LogP) is 5.51. The van der Waals surface area contributed by atoms with Gasteiger partial charge in [-0.2, -0.15) is 0 Å². The zero-order valence-electron chi connectivity index (χ0n) is 14.4. The number of benzene rings is 2. The molecule has 3 rings (SSSR count). The van der Waals surface area contributed by atoms with E-state index in [2.05, 4.69) is 4.98 Å². The van der Waals surface area contributed by atoms with E-state index in [1.54, 1.807) is 44.4 Å². The van der Waals surface area contributed by atoms with E-state index in [0.717, 1.165) is 5.69 Å². The molecule has 3 aromatic rings. The van der Waals surface area contributed by atoms with Crippen LogP contribution in [0.5, 0.6) is 0 Å². The average Bonchev–Trinajstić information content (AvgIpc) is 2.92. The van der Waals surface area contributed by atoms with Crippen LogP contribution in [0.1, 0.15) is 16.2 Å². The summed E-state index contributed by atoms with van der Waals surface area (Å²) in [5, 5.41) is 1.62. The highest BCUT2D eigenvalue weighted by molar-refractivity contribution is 6.36. The van der Waals surface area contributed by atoms with Gasteiger partial charge < -0.3 is 4.90 Å². The minimum Gasteiger partial charge on any atom is -0.343 e. The highest BCUT2D eigenvalue weighted by atomic mass is 35.5. The zero-order valence-corrected chi connectivity index (χ0v) is 16.7. The molecule has 0 saturated heterocycles. The Balaban J connectivity index is 2.29. The van der Waals surface area contributed by atoms with Crippen molar-refractivity contribution >= 4 is 40.7 Å². The highest BCUT2D eigenvalue weighted by Gasteiger charge is 2.23. The van der Waals surface area contributed by atoms with Gasteiger partial charge in [0.2, 0.25) is 0 Å². The normalized spacial score (nSPS) is 10.8. The summed E-state index contributed by atoms with van der Waals surface area (Å²) < 4.78 is 1.89. The minimum atomic E-state index is -0.179. The molecule has 4 nitrogen and oxygen atoms in total. The van der Waals surface area contributed by atoms with Gasteiger partial charge in [-0.25, -0.2) is 4.98 Å². The van der Waals surface area contributed by atoms with Crippen LogP contribution in [0.15, 0.2) is 42.5 Å². The Labute approximate surface area is 166 Å². The van der Waals surface area contributed by atoms with E-state index in [-0.39, 0.29) is 5.91 Å². The smallest absolute Gasteiger partial charge is 0.273 e. The summed E-state index contributed by atoms with van der Waals surface area (Å²) in [6, 6.07) is 12.5. The summed E-state index contributed by atoms with van der Waals surface area (Å²) in [6.07, 6.45) is 0. The van der Waals surface area contributed by atoms with Crippen molar-refractivity contribution in [1.29, 1.82) is 0 Å². The number of halogens is 3. The second-order valence-electron chi connectivity index (χ2n) is 6.01. The van der Waals surface area contributed by atoms with Crippen LogP contribution in [-0.4, -0.2) is 34.5 Å². The quantitative estimate of drug-likeness (QED) is 0.573. The first-order chi connectivity index (χ1) is 12.3. The van der Waals surface area contributed by atoms with Crippen molar-refractivity contribution in [3.63, 3.8) is 0 Å². The van der Waals surface area contributed by atoms with Crippen LogP contribution in [0.4, 0.5) is 0 Å². The minimum absolute atomic E-state index is 0.179. The summed E-state index contributed by atoms with van der Waals surface area (Å²) in [5.41, 5.74) is 2.60. The molecule has 1 heterocycles. The molecule has 0 unspecified atom stereocenters. The number of nitrogens with zero attached hydrogens (tertiary/aromatic N) is 3. The molecule has 0 aliphatic rings. The van der Waals surface area contributed by atoms with Gasteiger partial charge in [0.25, 0.3) is 5.91 Å². The Morgan fingerprint density at radius 2 is 1.62 bits per heavy atom. The van der Waals surface area contributed by atoms with Crippen molar-refractivity contribution in [2.45, 2.75) is 6.92 Å². The van der Waals surface area contributed by atoms with Crippen LogP contribution >= 0.6 is 34.8 Å². The number of carbonyl (C=O) groups excluding carboxylic acids is 1. The second-order valence-corrected chi connectivity index (χ2v) is 7.29. The average molecular weight is 409 g/mol. The summed E-state index contributed by atoms with van der Waals surface area (Å²) >= 11 is 18.4. The van der Waals surface area contributed by atoms with Crippen LogP contribution in [0.3, 0.4) is 0 Å². The lowest BCUT2D eigenvalue weighted by Crippen LogP contribution is -2.23. The van der Waals surface area contributed by atoms with Crippen LogP contribution in [-0.2, 0) is 0 Å². The van der Waals surface area contributed by atoms with E-state index in [9.17, 15) is 4.79 Å². The van der Waals surface area contributed by atoms with Gasteiger partial charge >= 0.3 is 0 Å². The molecule has 0 saturated carbocycles. The maximum atomic E-state index is 12.6. The Hall–Kier alpha value is -2.01. The van der Waals surface area contributed by atoms with Crippen molar-refractivity contribution in [2.24, 2.45) is 0 Å². The van der Waals surface area contributed by atoms with Gasteiger partial charge in [0, 0.05) is 35.4 Å². The van der Waals surface area contributed by atoms with Crippen molar-refractivity contribution < 1.29 is 4.79 Å². The predicted molar refractivity (Wildman–Crippen MR) is 107 cm³/mol. The van der Waals surface area contributed by atoms with Crippen molar-refractivity contribution in [2.75, 3.05) is 14.1 Å². The zero-order chi connectivity index (χ0) is 19.0. The number of carbonyl (C=O) groups is 1. The summed E-state index contributed by atoms with van der Waals surface area (Å²) in [7, 11) is 3.38. The van der Waals surface area contributed by atoms with Crippen LogP contribution in [0, 0.1) is 6.92 Å². The molecule has 134 valence electrons. The Bertz CT molecular complexity index is 978.